The minimum atomic E-state index is 0.150. The Balaban J connectivity index is 2.38. The van der Waals surface area contributed by atoms with E-state index in [1.165, 1.54) is 0 Å². The maximum Gasteiger partial charge on any atom is 0.137 e. The number of ketones is 1. The summed E-state index contributed by atoms with van der Waals surface area (Å²) in [4.78, 5) is 11.7. The van der Waals surface area contributed by atoms with Gasteiger partial charge in [-0.3, -0.25) is 4.79 Å². The van der Waals surface area contributed by atoms with E-state index in [1.54, 1.807) is 0 Å². The van der Waals surface area contributed by atoms with E-state index in [0.29, 0.717) is 11.7 Å². The van der Waals surface area contributed by atoms with Gasteiger partial charge in [0, 0.05) is 18.4 Å². The minimum absolute atomic E-state index is 0.150. The minimum Gasteiger partial charge on any atom is -0.327 e. The molecule has 0 radical (unpaired) electrons. The average Bonchev–Trinajstić information content (AvgIpc) is 2.51. The molecule has 0 heterocycles. The monoisotopic (exact) mass is 183 g/mol. The van der Waals surface area contributed by atoms with Crippen LogP contribution in [0.25, 0.3) is 0 Å². The second-order valence-electron chi connectivity index (χ2n) is 4.39. The van der Waals surface area contributed by atoms with E-state index in [-0.39, 0.29) is 12.0 Å². The summed E-state index contributed by atoms with van der Waals surface area (Å²) in [6, 6.07) is 0.150. The van der Waals surface area contributed by atoms with E-state index in [0.717, 1.165) is 32.1 Å². The second kappa shape index (κ2) is 4.75. The molecule has 0 amide bonds. The maximum absolute atomic E-state index is 11.7. The first-order valence-corrected chi connectivity index (χ1v) is 5.43. The molecule has 13 heavy (non-hydrogen) atoms. The smallest absolute Gasteiger partial charge is 0.137 e. The van der Waals surface area contributed by atoms with Gasteiger partial charge in [-0.15, -0.1) is 0 Å². The van der Waals surface area contributed by atoms with E-state index in [4.69, 9.17) is 5.73 Å². The second-order valence-corrected chi connectivity index (χ2v) is 4.39. The third-order valence-corrected chi connectivity index (χ3v) is 3.23. The van der Waals surface area contributed by atoms with Gasteiger partial charge < -0.3 is 5.73 Å². The van der Waals surface area contributed by atoms with Gasteiger partial charge >= 0.3 is 0 Å². The highest BCUT2D eigenvalue weighted by atomic mass is 16.1. The van der Waals surface area contributed by atoms with Crippen molar-refractivity contribution in [3.05, 3.63) is 0 Å². The third-order valence-electron chi connectivity index (χ3n) is 3.23. The van der Waals surface area contributed by atoms with Crippen LogP contribution in [0.3, 0.4) is 0 Å². The fraction of sp³-hybridized carbons (Fsp3) is 0.909. The zero-order valence-corrected chi connectivity index (χ0v) is 8.75. The Morgan fingerprint density at radius 2 is 2.23 bits per heavy atom. The topological polar surface area (TPSA) is 43.1 Å². The molecule has 3 atom stereocenters. The summed E-state index contributed by atoms with van der Waals surface area (Å²) in [7, 11) is 0. The summed E-state index contributed by atoms with van der Waals surface area (Å²) in [5, 5.41) is 0. The molecular formula is C11H21NO. The zero-order chi connectivity index (χ0) is 9.84. The standard InChI is InChI=1S/C11H21NO/c1-3-8(2)7-11(13)9-5-4-6-10(9)12/h8-10H,3-7,12H2,1-2H3. The number of Topliss-reactive ketones (excluding diaryl/α,β-unsaturated/α-hetero) is 1. The fourth-order valence-corrected chi connectivity index (χ4v) is 2.03. The van der Waals surface area contributed by atoms with Gasteiger partial charge in [0.05, 0.1) is 0 Å². The van der Waals surface area contributed by atoms with Crippen LogP contribution in [0.15, 0.2) is 0 Å². The molecule has 0 saturated heterocycles. The Kier molecular flexibility index (Phi) is 3.91. The first-order valence-electron chi connectivity index (χ1n) is 5.43. The lowest BCUT2D eigenvalue weighted by atomic mass is 9.91. The molecule has 0 bridgehead atoms. The van der Waals surface area contributed by atoms with Crippen molar-refractivity contribution in [3.8, 4) is 0 Å². The SMILES string of the molecule is CCC(C)CC(=O)C1CCCC1N. The Bertz CT molecular complexity index is 179. The number of carbonyl (C=O) groups excluding carboxylic acids is 1. The van der Waals surface area contributed by atoms with Crippen molar-refractivity contribution in [1.82, 2.24) is 0 Å². The molecule has 2 N–H and O–H groups in total. The molecule has 1 rings (SSSR count). The molecule has 3 unspecified atom stereocenters. The number of hydrogen-bond acceptors (Lipinski definition) is 2. The van der Waals surface area contributed by atoms with Crippen molar-refractivity contribution >= 4 is 5.78 Å². The molecular weight excluding hydrogens is 162 g/mol. The van der Waals surface area contributed by atoms with Gasteiger partial charge in [-0.1, -0.05) is 26.7 Å². The van der Waals surface area contributed by atoms with Gasteiger partial charge in [-0.2, -0.15) is 0 Å². The van der Waals surface area contributed by atoms with Gasteiger partial charge in [-0.25, -0.2) is 0 Å². The van der Waals surface area contributed by atoms with Crippen LogP contribution in [0, 0.1) is 11.8 Å². The van der Waals surface area contributed by atoms with Crippen molar-refractivity contribution in [2.24, 2.45) is 17.6 Å². The summed E-state index contributed by atoms with van der Waals surface area (Å²) < 4.78 is 0. The summed E-state index contributed by atoms with van der Waals surface area (Å²) in [6.45, 7) is 4.27. The normalized spacial score (nSPS) is 30.4. The molecule has 1 fully saturated rings. The molecule has 76 valence electrons. The fourth-order valence-electron chi connectivity index (χ4n) is 2.03. The summed E-state index contributed by atoms with van der Waals surface area (Å²) >= 11 is 0. The van der Waals surface area contributed by atoms with Gasteiger partial charge in [0.2, 0.25) is 0 Å². The molecule has 1 aliphatic carbocycles. The van der Waals surface area contributed by atoms with E-state index in [9.17, 15) is 4.79 Å². The van der Waals surface area contributed by atoms with Gasteiger partial charge in [-0.05, 0) is 18.8 Å². The largest absolute Gasteiger partial charge is 0.327 e. The summed E-state index contributed by atoms with van der Waals surface area (Å²) in [5.41, 5.74) is 5.88. The van der Waals surface area contributed by atoms with E-state index in [1.807, 2.05) is 0 Å². The Morgan fingerprint density at radius 3 is 2.69 bits per heavy atom. The molecule has 0 spiro atoms. The zero-order valence-electron chi connectivity index (χ0n) is 8.75. The lowest BCUT2D eigenvalue weighted by molar-refractivity contribution is -0.123. The third kappa shape index (κ3) is 2.80. The van der Waals surface area contributed by atoms with Crippen molar-refractivity contribution in [1.29, 1.82) is 0 Å². The van der Waals surface area contributed by atoms with E-state index >= 15 is 0 Å². The predicted molar refractivity (Wildman–Crippen MR) is 54.4 cm³/mol. The molecule has 0 aliphatic heterocycles. The van der Waals surface area contributed by atoms with Crippen molar-refractivity contribution in [3.63, 3.8) is 0 Å². The Morgan fingerprint density at radius 1 is 1.54 bits per heavy atom. The van der Waals surface area contributed by atoms with E-state index in [2.05, 4.69) is 13.8 Å². The van der Waals surface area contributed by atoms with Gasteiger partial charge in [0.15, 0.2) is 0 Å². The lowest BCUT2D eigenvalue weighted by Crippen LogP contribution is -2.31. The van der Waals surface area contributed by atoms with Gasteiger partial charge in [0.1, 0.15) is 5.78 Å². The highest BCUT2D eigenvalue weighted by Gasteiger charge is 2.30. The number of rotatable bonds is 4. The van der Waals surface area contributed by atoms with Crippen molar-refractivity contribution < 1.29 is 4.79 Å². The van der Waals surface area contributed by atoms with E-state index < -0.39 is 0 Å². The molecule has 2 heteroatoms. The van der Waals surface area contributed by atoms with Crippen LogP contribution in [0.1, 0.15) is 46.0 Å². The van der Waals surface area contributed by atoms with Crippen LogP contribution in [-0.2, 0) is 4.79 Å². The average molecular weight is 183 g/mol. The van der Waals surface area contributed by atoms with Crippen LogP contribution in [0.5, 0.6) is 0 Å². The van der Waals surface area contributed by atoms with Crippen molar-refractivity contribution in [2.45, 2.75) is 52.0 Å². The van der Waals surface area contributed by atoms with Gasteiger partial charge in [0.25, 0.3) is 0 Å². The quantitative estimate of drug-likeness (QED) is 0.725. The Labute approximate surface area is 80.9 Å². The van der Waals surface area contributed by atoms with Crippen LogP contribution in [0.4, 0.5) is 0 Å². The number of carbonyl (C=O) groups is 1. The van der Waals surface area contributed by atoms with Crippen LogP contribution in [-0.4, -0.2) is 11.8 Å². The summed E-state index contributed by atoms with van der Waals surface area (Å²) in [5.74, 6) is 1.11. The molecule has 0 aromatic rings. The van der Waals surface area contributed by atoms with Crippen LogP contribution >= 0.6 is 0 Å². The number of hydrogen-bond donors (Lipinski definition) is 1. The predicted octanol–water partition coefficient (Wildman–Crippen LogP) is 2.12. The first kappa shape index (κ1) is 10.7. The van der Waals surface area contributed by atoms with Crippen LogP contribution < -0.4 is 5.73 Å². The molecule has 0 aromatic heterocycles. The maximum atomic E-state index is 11.7. The lowest BCUT2D eigenvalue weighted by Gasteiger charge is -2.16. The molecule has 1 saturated carbocycles. The molecule has 0 aromatic carbocycles. The highest BCUT2D eigenvalue weighted by molar-refractivity contribution is 5.82. The molecule has 1 aliphatic rings. The number of nitrogens with two attached hydrogens (primary N) is 1. The highest BCUT2D eigenvalue weighted by Crippen LogP contribution is 2.27. The Hall–Kier alpha value is -0.370. The molecule has 2 nitrogen and oxygen atoms in total. The first-order chi connectivity index (χ1) is 6.15. The summed E-state index contributed by atoms with van der Waals surface area (Å²) in [6.07, 6.45) is 5.02. The van der Waals surface area contributed by atoms with Crippen LogP contribution in [0.2, 0.25) is 0 Å². The van der Waals surface area contributed by atoms with Crippen molar-refractivity contribution in [2.75, 3.05) is 0 Å².